The first-order chi connectivity index (χ1) is 10.1. The van der Waals surface area contributed by atoms with Crippen LogP contribution in [-0.2, 0) is 14.3 Å². The maximum atomic E-state index is 12.6. The van der Waals surface area contributed by atoms with Crippen LogP contribution in [0.2, 0.25) is 0 Å². The summed E-state index contributed by atoms with van der Waals surface area (Å²) in [5.74, 6) is -0.358. The molecule has 0 bridgehead atoms. The van der Waals surface area contributed by atoms with Crippen LogP contribution in [0, 0.1) is 0 Å². The minimum absolute atomic E-state index is 0.0574. The molecule has 2 saturated heterocycles. The van der Waals surface area contributed by atoms with E-state index >= 15 is 0 Å². The lowest BCUT2D eigenvalue weighted by Gasteiger charge is -2.24. The number of rotatable bonds is 3. The third kappa shape index (κ3) is 2.19. The van der Waals surface area contributed by atoms with Gasteiger partial charge in [-0.25, -0.2) is 4.79 Å². The van der Waals surface area contributed by atoms with E-state index in [4.69, 9.17) is 17.0 Å². The molecule has 0 N–H and O–H groups in total. The van der Waals surface area contributed by atoms with Gasteiger partial charge in [0.2, 0.25) is 0 Å². The average molecular weight is 304 g/mol. The van der Waals surface area contributed by atoms with Gasteiger partial charge in [0.05, 0.1) is 12.3 Å². The summed E-state index contributed by atoms with van der Waals surface area (Å²) >= 11 is 5.44. The Morgan fingerprint density at radius 1 is 1.33 bits per heavy atom. The molecule has 2 aliphatic rings. The maximum Gasteiger partial charge on any atom is 0.328 e. The fraction of sp³-hybridized carbons (Fsp3) is 0.400. The van der Waals surface area contributed by atoms with E-state index in [2.05, 4.69) is 0 Å². The van der Waals surface area contributed by atoms with Crippen LogP contribution in [-0.4, -0.2) is 40.6 Å². The summed E-state index contributed by atoms with van der Waals surface area (Å²) in [6, 6.07) is 8.49. The molecule has 2 unspecified atom stereocenters. The second-order valence-corrected chi connectivity index (χ2v) is 5.43. The van der Waals surface area contributed by atoms with Crippen LogP contribution in [0.15, 0.2) is 30.3 Å². The van der Waals surface area contributed by atoms with E-state index in [0.717, 1.165) is 5.69 Å². The Bertz CT molecular complexity index is 590. The van der Waals surface area contributed by atoms with Crippen LogP contribution in [0.25, 0.3) is 0 Å². The molecule has 5 nitrogen and oxygen atoms in total. The Hall–Kier alpha value is -1.95. The van der Waals surface area contributed by atoms with Crippen molar-refractivity contribution >= 4 is 34.9 Å². The molecule has 3 rings (SSSR count). The van der Waals surface area contributed by atoms with E-state index < -0.39 is 6.04 Å². The standard InChI is InChI=1S/C15H16N2O3S/c1-2-20-14(19)12-9-8-11-13(18)16(15(21)17(11)12)10-6-4-3-5-7-10/h3-7,11-12H,2,8-9H2,1H3. The van der Waals surface area contributed by atoms with E-state index in [9.17, 15) is 9.59 Å². The number of esters is 1. The lowest BCUT2D eigenvalue weighted by atomic mass is 10.1. The molecule has 0 aliphatic carbocycles. The highest BCUT2D eigenvalue weighted by Gasteiger charge is 2.52. The number of benzene rings is 1. The van der Waals surface area contributed by atoms with Crippen molar-refractivity contribution in [3.63, 3.8) is 0 Å². The van der Waals surface area contributed by atoms with Gasteiger partial charge in [0.25, 0.3) is 5.91 Å². The number of carbonyl (C=O) groups is 2. The number of fused-ring (bicyclic) bond motifs is 1. The maximum absolute atomic E-state index is 12.6. The molecular weight excluding hydrogens is 288 g/mol. The molecule has 1 aromatic carbocycles. The number of hydrogen-bond donors (Lipinski definition) is 0. The van der Waals surface area contributed by atoms with Gasteiger partial charge in [-0.3, -0.25) is 9.69 Å². The second kappa shape index (κ2) is 5.44. The first kappa shape index (κ1) is 14.0. The quantitative estimate of drug-likeness (QED) is 0.628. The molecule has 6 heteroatoms. The van der Waals surface area contributed by atoms with Crippen molar-refractivity contribution in [2.24, 2.45) is 0 Å². The van der Waals surface area contributed by atoms with E-state index in [-0.39, 0.29) is 17.9 Å². The van der Waals surface area contributed by atoms with Crippen LogP contribution >= 0.6 is 12.2 Å². The van der Waals surface area contributed by atoms with Gasteiger partial charge in [-0.2, -0.15) is 0 Å². The highest BCUT2D eigenvalue weighted by atomic mass is 32.1. The van der Waals surface area contributed by atoms with Crippen LogP contribution in [0.5, 0.6) is 0 Å². The number of anilines is 1. The molecule has 0 saturated carbocycles. The molecule has 2 atom stereocenters. The topological polar surface area (TPSA) is 49.9 Å². The van der Waals surface area contributed by atoms with Gasteiger partial charge >= 0.3 is 5.97 Å². The molecule has 1 aromatic rings. The number of amides is 1. The minimum Gasteiger partial charge on any atom is -0.464 e. The van der Waals surface area contributed by atoms with Crippen molar-refractivity contribution in [3.8, 4) is 0 Å². The van der Waals surface area contributed by atoms with Gasteiger partial charge in [0, 0.05) is 0 Å². The highest BCUT2D eigenvalue weighted by Crippen LogP contribution is 2.35. The van der Waals surface area contributed by atoms with Crippen LogP contribution in [0.3, 0.4) is 0 Å². The van der Waals surface area contributed by atoms with E-state index in [1.54, 1.807) is 11.8 Å². The monoisotopic (exact) mass is 304 g/mol. The van der Waals surface area contributed by atoms with Crippen molar-refractivity contribution in [2.75, 3.05) is 11.5 Å². The predicted molar refractivity (Wildman–Crippen MR) is 81.8 cm³/mol. The van der Waals surface area contributed by atoms with E-state index in [1.165, 1.54) is 4.90 Å². The number of nitrogens with zero attached hydrogens (tertiary/aromatic N) is 2. The molecule has 2 fully saturated rings. The SMILES string of the molecule is CCOC(=O)C1CCC2C(=O)N(c3ccccc3)C(=S)N12. The zero-order valence-electron chi connectivity index (χ0n) is 11.7. The summed E-state index contributed by atoms with van der Waals surface area (Å²) in [5, 5.41) is 0.395. The smallest absolute Gasteiger partial charge is 0.328 e. The van der Waals surface area contributed by atoms with Crippen molar-refractivity contribution in [2.45, 2.75) is 31.8 Å². The van der Waals surface area contributed by atoms with Gasteiger partial charge in [-0.05, 0) is 44.1 Å². The van der Waals surface area contributed by atoms with Gasteiger partial charge in [-0.15, -0.1) is 0 Å². The van der Waals surface area contributed by atoms with Crippen molar-refractivity contribution in [1.82, 2.24) is 4.90 Å². The fourth-order valence-electron chi connectivity index (χ4n) is 2.96. The Morgan fingerprint density at radius 3 is 2.71 bits per heavy atom. The van der Waals surface area contributed by atoms with Crippen molar-refractivity contribution in [1.29, 1.82) is 0 Å². The van der Waals surface area contributed by atoms with Crippen molar-refractivity contribution in [3.05, 3.63) is 30.3 Å². The van der Waals surface area contributed by atoms with E-state index in [0.29, 0.717) is 24.6 Å². The molecule has 0 spiro atoms. The molecule has 2 heterocycles. The molecular formula is C15H16N2O3S. The average Bonchev–Trinajstić information content (AvgIpc) is 3.02. The molecule has 21 heavy (non-hydrogen) atoms. The largest absolute Gasteiger partial charge is 0.464 e. The van der Waals surface area contributed by atoms with E-state index in [1.807, 2.05) is 30.3 Å². The summed E-state index contributed by atoms with van der Waals surface area (Å²) in [5.41, 5.74) is 0.740. The third-order valence-electron chi connectivity index (χ3n) is 3.88. The summed E-state index contributed by atoms with van der Waals surface area (Å²) < 4.78 is 5.09. The van der Waals surface area contributed by atoms with Gasteiger partial charge in [0.15, 0.2) is 5.11 Å². The number of carbonyl (C=O) groups excluding carboxylic acids is 2. The third-order valence-corrected chi connectivity index (χ3v) is 4.27. The number of ether oxygens (including phenoxy) is 1. The summed E-state index contributed by atoms with van der Waals surface area (Å²) in [6.07, 6.45) is 1.24. The van der Waals surface area contributed by atoms with Gasteiger partial charge < -0.3 is 9.64 Å². The number of hydrogen-bond acceptors (Lipinski definition) is 4. The summed E-state index contributed by atoms with van der Waals surface area (Å²) in [6.45, 7) is 2.10. The lowest BCUT2D eigenvalue weighted by molar-refractivity contribution is -0.147. The van der Waals surface area contributed by atoms with Crippen LogP contribution in [0.1, 0.15) is 19.8 Å². The summed E-state index contributed by atoms with van der Waals surface area (Å²) in [7, 11) is 0. The summed E-state index contributed by atoms with van der Waals surface area (Å²) in [4.78, 5) is 27.9. The minimum atomic E-state index is -0.444. The van der Waals surface area contributed by atoms with Crippen LogP contribution < -0.4 is 4.90 Å². The lowest BCUT2D eigenvalue weighted by Crippen LogP contribution is -2.43. The van der Waals surface area contributed by atoms with Gasteiger partial charge in [-0.1, -0.05) is 18.2 Å². The Balaban J connectivity index is 1.89. The number of thiocarbonyl (C=S) groups is 1. The molecule has 1 amide bonds. The first-order valence-corrected chi connectivity index (χ1v) is 7.44. The van der Waals surface area contributed by atoms with Crippen LogP contribution in [0.4, 0.5) is 5.69 Å². The van der Waals surface area contributed by atoms with Crippen molar-refractivity contribution < 1.29 is 14.3 Å². The Labute approximate surface area is 128 Å². The van der Waals surface area contributed by atoms with Gasteiger partial charge in [0.1, 0.15) is 12.1 Å². The molecule has 0 aromatic heterocycles. The second-order valence-electron chi connectivity index (χ2n) is 5.06. The number of para-hydroxylation sites is 1. The molecule has 2 aliphatic heterocycles. The first-order valence-electron chi connectivity index (χ1n) is 7.03. The molecule has 0 radical (unpaired) electrons. The predicted octanol–water partition coefficient (Wildman–Crippen LogP) is 1.71. The zero-order chi connectivity index (χ0) is 15.0. The Morgan fingerprint density at radius 2 is 2.05 bits per heavy atom. The highest BCUT2D eigenvalue weighted by molar-refractivity contribution is 7.80. The molecule has 110 valence electrons. The Kier molecular flexibility index (Phi) is 3.63. The zero-order valence-corrected chi connectivity index (χ0v) is 12.5. The normalized spacial score (nSPS) is 24.4. The fourth-order valence-corrected chi connectivity index (χ4v) is 3.41.